The van der Waals surface area contributed by atoms with E-state index >= 15 is 0 Å². The SMILES string of the molecule is C=Cc1c2[nH]c(c1C)/C=C1\N/C(=C3\c4[nH]c(c(C)c4C(=O)[C@@H]3C(=O)OC)/C=c3\[nH]/c(c(C)c3CCO)=C\2)[C@@H](CCC(=O)OC/C=C(\C)CCC[C@H](C)CCC[C@H](C)CCCC(C)C)[C@@H]1C. The first-order chi connectivity index (χ1) is 31.1. The molecule has 1 saturated heterocycles. The van der Waals surface area contributed by atoms with E-state index in [2.05, 4.69) is 87.5 Å². The molecule has 3 aliphatic rings. The maximum absolute atomic E-state index is 14.4. The smallest absolute Gasteiger partial charge is 0.321 e. The van der Waals surface area contributed by atoms with Gasteiger partial charge in [-0.05, 0) is 118 Å². The monoisotopic (exact) mass is 889 g/mol. The minimum atomic E-state index is -1.18. The molecule has 0 unspecified atom stereocenters. The quantitative estimate of drug-likeness (QED) is 0.0406. The predicted molar refractivity (Wildman–Crippen MR) is 263 cm³/mol. The van der Waals surface area contributed by atoms with Crippen LogP contribution in [-0.4, -0.2) is 58.1 Å². The first kappa shape index (κ1) is 49.3. The molecule has 65 heavy (non-hydrogen) atoms. The summed E-state index contributed by atoms with van der Waals surface area (Å²) in [5.74, 6) is -0.458. The average Bonchev–Trinajstić information content (AvgIpc) is 4.00. The molecule has 3 aromatic rings. The molecule has 0 saturated carbocycles. The summed E-state index contributed by atoms with van der Waals surface area (Å²) in [6, 6.07) is 0. The first-order valence-electron chi connectivity index (χ1n) is 24.3. The van der Waals surface area contributed by atoms with Crippen LogP contribution in [0.2, 0.25) is 0 Å². The number of Topliss-reactive ketones (excluding diaryl/α,β-unsaturated/α-hetero) is 1. The zero-order valence-electron chi connectivity index (χ0n) is 40.9. The molecule has 0 amide bonds. The molecule has 3 aromatic heterocycles. The summed E-state index contributed by atoms with van der Waals surface area (Å²) in [5, 5.41) is 15.5. The zero-order chi connectivity index (χ0) is 47.1. The summed E-state index contributed by atoms with van der Waals surface area (Å²) in [6.07, 6.45) is 22.4. The second-order valence-electron chi connectivity index (χ2n) is 19.8. The van der Waals surface area contributed by atoms with Crippen LogP contribution >= 0.6 is 0 Å². The normalized spacial score (nSPS) is 21.8. The number of H-pyrrole nitrogens is 3. The lowest BCUT2D eigenvalue weighted by Crippen LogP contribution is -2.25. The number of carbonyl (C=O) groups is 3. The molecule has 5 N–H and O–H groups in total. The van der Waals surface area contributed by atoms with Crippen molar-refractivity contribution in [3.8, 4) is 0 Å². The van der Waals surface area contributed by atoms with Crippen molar-refractivity contribution in [3.63, 3.8) is 0 Å². The Hall–Kier alpha value is -5.09. The van der Waals surface area contributed by atoms with E-state index in [1.54, 1.807) is 0 Å². The van der Waals surface area contributed by atoms with Gasteiger partial charge in [0.15, 0.2) is 5.78 Å². The van der Waals surface area contributed by atoms with Crippen molar-refractivity contribution >= 4 is 47.6 Å². The number of rotatable bonds is 21. The molecule has 1 fully saturated rings. The number of hydrogen-bond acceptors (Lipinski definition) is 7. The number of aromatic nitrogens is 3. The highest BCUT2D eigenvalue weighted by Crippen LogP contribution is 2.48. The van der Waals surface area contributed by atoms with E-state index in [-0.39, 0.29) is 43.2 Å². The van der Waals surface area contributed by atoms with Gasteiger partial charge in [0.25, 0.3) is 0 Å². The minimum Gasteiger partial charge on any atom is -0.468 e. The zero-order valence-corrected chi connectivity index (χ0v) is 40.9. The number of allylic oxidation sites excluding steroid dienone is 3. The van der Waals surface area contributed by atoms with Crippen LogP contribution in [0.1, 0.15) is 173 Å². The van der Waals surface area contributed by atoms with Gasteiger partial charge in [-0.3, -0.25) is 14.4 Å². The van der Waals surface area contributed by atoms with Gasteiger partial charge in [0.1, 0.15) is 12.5 Å². The van der Waals surface area contributed by atoms with Crippen molar-refractivity contribution in [2.45, 2.75) is 139 Å². The van der Waals surface area contributed by atoms with Gasteiger partial charge in [-0.15, -0.1) is 0 Å². The number of fused-ring (bicyclic) bond motifs is 7. The molecule has 10 heteroatoms. The second kappa shape index (κ2) is 21.9. The summed E-state index contributed by atoms with van der Waals surface area (Å²) in [7, 11) is 1.31. The number of nitrogens with one attached hydrogen (secondary N) is 4. The number of aromatic amines is 3. The Balaban J connectivity index is 1.23. The molecule has 0 aromatic carbocycles. The van der Waals surface area contributed by atoms with Crippen LogP contribution in [0.25, 0.3) is 29.9 Å². The van der Waals surface area contributed by atoms with E-state index in [4.69, 9.17) is 9.47 Å². The third kappa shape index (κ3) is 11.1. The van der Waals surface area contributed by atoms with E-state index in [0.29, 0.717) is 35.6 Å². The fraction of sp³-hybridized carbons (Fsp3) is 0.545. The second-order valence-corrected chi connectivity index (χ2v) is 19.8. The van der Waals surface area contributed by atoms with Crippen molar-refractivity contribution in [2.75, 3.05) is 20.3 Å². The number of esters is 2. The molecule has 0 spiro atoms. The Morgan fingerprint density at radius 3 is 2.17 bits per heavy atom. The summed E-state index contributed by atoms with van der Waals surface area (Å²) in [5.41, 5.74) is 11.6. The fourth-order valence-corrected chi connectivity index (χ4v) is 10.4. The van der Waals surface area contributed by atoms with Crippen LogP contribution in [0, 0.1) is 56.3 Å². The van der Waals surface area contributed by atoms with Crippen molar-refractivity contribution in [1.29, 1.82) is 0 Å². The molecule has 352 valence electrons. The van der Waals surface area contributed by atoms with Crippen LogP contribution < -0.4 is 16.0 Å². The number of hydrogen-bond donors (Lipinski definition) is 5. The van der Waals surface area contributed by atoms with Crippen molar-refractivity contribution in [3.05, 3.63) is 96.5 Å². The summed E-state index contributed by atoms with van der Waals surface area (Å²) in [6.45, 7) is 24.0. The van der Waals surface area contributed by atoms with E-state index in [1.165, 1.54) is 57.6 Å². The van der Waals surface area contributed by atoms with Crippen molar-refractivity contribution < 1.29 is 29.0 Å². The molecule has 8 bridgehead atoms. The van der Waals surface area contributed by atoms with Gasteiger partial charge >= 0.3 is 11.9 Å². The molecule has 2 aliphatic heterocycles. The van der Waals surface area contributed by atoms with Gasteiger partial charge in [0, 0.05) is 80.7 Å². The Morgan fingerprint density at radius 1 is 0.846 bits per heavy atom. The van der Waals surface area contributed by atoms with Gasteiger partial charge in [-0.1, -0.05) is 97.8 Å². The fourth-order valence-electron chi connectivity index (χ4n) is 10.4. The molecular formula is C55H76N4O6. The van der Waals surface area contributed by atoms with Crippen LogP contribution in [0.4, 0.5) is 0 Å². The van der Waals surface area contributed by atoms with Crippen LogP contribution in [0.15, 0.2) is 29.6 Å². The molecule has 1 aliphatic carbocycles. The molecule has 5 atom stereocenters. The van der Waals surface area contributed by atoms with Gasteiger partial charge in [-0.25, -0.2) is 0 Å². The third-order valence-corrected chi connectivity index (χ3v) is 14.6. The number of aliphatic hydroxyl groups excluding tert-OH is 1. The number of methoxy groups -OCH3 is 1. The molecule has 5 heterocycles. The van der Waals surface area contributed by atoms with Crippen molar-refractivity contribution in [2.24, 2.45) is 35.5 Å². The molecule has 0 radical (unpaired) electrons. The van der Waals surface area contributed by atoms with Crippen LogP contribution in [-0.2, 0) is 25.5 Å². The lowest BCUT2D eigenvalue weighted by molar-refractivity contribution is -0.143. The molecule has 6 rings (SSSR count). The maximum Gasteiger partial charge on any atom is 0.321 e. The van der Waals surface area contributed by atoms with Gasteiger partial charge < -0.3 is 34.8 Å². The van der Waals surface area contributed by atoms with E-state index in [9.17, 15) is 19.5 Å². The van der Waals surface area contributed by atoms with Gasteiger partial charge in [-0.2, -0.15) is 0 Å². The average molecular weight is 889 g/mol. The Bertz CT molecular complexity index is 2470. The topological polar surface area (TPSA) is 149 Å². The maximum atomic E-state index is 14.4. The number of ketones is 1. The summed E-state index contributed by atoms with van der Waals surface area (Å²) < 4.78 is 11.1. The van der Waals surface area contributed by atoms with E-state index in [0.717, 1.165) is 91.7 Å². The first-order valence-corrected chi connectivity index (χ1v) is 24.3. The van der Waals surface area contributed by atoms with E-state index < -0.39 is 11.9 Å². The predicted octanol–water partition coefficient (Wildman–Crippen LogP) is 10.0. The Morgan fingerprint density at radius 2 is 1.51 bits per heavy atom. The van der Waals surface area contributed by atoms with Crippen molar-refractivity contribution in [1.82, 2.24) is 20.3 Å². The summed E-state index contributed by atoms with van der Waals surface area (Å²) in [4.78, 5) is 52.3. The number of carbonyl (C=O) groups excluding carboxylic acids is 3. The van der Waals surface area contributed by atoms with Gasteiger partial charge in [0.2, 0.25) is 0 Å². The highest BCUT2D eigenvalue weighted by Gasteiger charge is 2.48. The minimum absolute atomic E-state index is 0.0286. The largest absolute Gasteiger partial charge is 0.468 e. The Labute approximate surface area is 387 Å². The van der Waals surface area contributed by atoms with E-state index in [1.807, 2.05) is 32.1 Å². The Kier molecular flexibility index (Phi) is 16.6. The van der Waals surface area contributed by atoms with Gasteiger partial charge in [0.05, 0.1) is 12.8 Å². The lowest BCUT2D eigenvalue weighted by atomic mass is 9.85. The lowest BCUT2D eigenvalue weighted by Gasteiger charge is -2.19. The summed E-state index contributed by atoms with van der Waals surface area (Å²) >= 11 is 0. The highest BCUT2D eigenvalue weighted by atomic mass is 16.5. The molecule has 10 nitrogen and oxygen atoms in total. The molecular weight excluding hydrogens is 813 g/mol. The van der Waals surface area contributed by atoms with Crippen LogP contribution in [0.5, 0.6) is 0 Å². The number of ether oxygens (including phenoxy) is 2. The highest BCUT2D eigenvalue weighted by molar-refractivity contribution is 6.24. The third-order valence-electron chi connectivity index (χ3n) is 14.6. The van der Waals surface area contributed by atoms with Crippen LogP contribution in [0.3, 0.4) is 0 Å². The standard InChI is InChI=1S/C55H76N4O6/c1-12-39-35(7)42-28-44-37(9)41(22-23-48(61)65-27-25-34(6)21-15-20-33(5)19-14-18-32(4)17-13-16-31(2)3)52(58-44)50-51(55(63)64-11)54(62)49-38(10)45(59-53(49)50)30-47-40(24-26-60)36(8)43(57-47)29-46(39)56-42/h12,25,28-33,37,41,51,56-60H,1,13-24,26-27H2,2-11H3/b34-25+,43-29-,44-28-,47-30-,52-50-/t32-,33-,37+,41+,51-/m1/s1. The number of aliphatic hydroxyl groups is 1.